The van der Waals surface area contributed by atoms with Gasteiger partial charge in [-0.3, -0.25) is 4.79 Å². The lowest BCUT2D eigenvalue weighted by atomic mass is 10.1. The number of rotatable bonds is 3. The lowest BCUT2D eigenvalue weighted by molar-refractivity contribution is 0.250. The van der Waals surface area contributed by atoms with Gasteiger partial charge >= 0.3 is 6.03 Å². The van der Waals surface area contributed by atoms with Crippen molar-refractivity contribution < 1.29 is 17.6 Å². The molecule has 2 N–H and O–H groups in total. The van der Waals surface area contributed by atoms with E-state index in [4.69, 9.17) is 4.42 Å². The lowest BCUT2D eigenvalue weighted by Crippen LogP contribution is -2.33. The Labute approximate surface area is 132 Å². The molecule has 0 spiro atoms. The third-order valence-electron chi connectivity index (χ3n) is 3.80. The number of benzene rings is 1. The Bertz CT molecular complexity index is 903. The van der Waals surface area contributed by atoms with E-state index in [1.54, 1.807) is 18.2 Å². The average molecular weight is 336 g/mol. The number of sulfone groups is 1. The van der Waals surface area contributed by atoms with Crippen LogP contribution in [0.5, 0.6) is 0 Å². The summed E-state index contributed by atoms with van der Waals surface area (Å²) in [5.74, 6) is 0.250. The number of nitrogens with one attached hydrogen (secondary N) is 2. The fourth-order valence-electron chi connectivity index (χ4n) is 2.61. The molecule has 1 fully saturated rings. The zero-order valence-electron chi connectivity index (χ0n) is 12.2. The Morgan fingerprint density at radius 2 is 2.13 bits per heavy atom. The quantitative estimate of drug-likeness (QED) is 0.880. The van der Waals surface area contributed by atoms with Crippen LogP contribution in [0, 0.1) is 5.92 Å². The van der Waals surface area contributed by atoms with Crippen LogP contribution in [0.15, 0.2) is 39.7 Å². The summed E-state index contributed by atoms with van der Waals surface area (Å²) in [7, 11) is -2.95. The molecule has 0 unspecified atom stereocenters. The lowest BCUT2D eigenvalue weighted by Gasteiger charge is -2.11. The molecule has 122 valence electrons. The molecule has 1 aromatic carbocycles. The van der Waals surface area contributed by atoms with Crippen LogP contribution in [-0.4, -0.2) is 32.5 Å². The SMILES string of the molecule is O=C(NC[C@@H]1CCS(=O)(=O)C1)Nc1ccc2occc(=O)c2c1. The average Bonchev–Trinajstić information content (AvgIpc) is 2.85. The van der Waals surface area contributed by atoms with Gasteiger partial charge in [0.1, 0.15) is 5.58 Å². The van der Waals surface area contributed by atoms with Crippen LogP contribution in [0.2, 0.25) is 0 Å². The molecule has 2 amide bonds. The van der Waals surface area contributed by atoms with Crippen molar-refractivity contribution in [1.29, 1.82) is 0 Å². The minimum absolute atomic E-state index is 0.0469. The molecular weight excluding hydrogens is 320 g/mol. The normalized spacial score (nSPS) is 19.6. The van der Waals surface area contributed by atoms with Crippen molar-refractivity contribution in [3.63, 3.8) is 0 Å². The summed E-state index contributed by atoms with van der Waals surface area (Å²) in [5.41, 5.74) is 0.721. The van der Waals surface area contributed by atoms with Crippen molar-refractivity contribution in [1.82, 2.24) is 5.32 Å². The fraction of sp³-hybridized carbons (Fsp3) is 0.333. The van der Waals surface area contributed by atoms with E-state index in [9.17, 15) is 18.0 Å². The van der Waals surface area contributed by atoms with E-state index in [1.807, 2.05) is 0 Å². The minimum Gasteiger partial charge on any atom is -0.464 e. The second-order valence-electron chi connectivity index (χ2n) is 5.60. The van der Waals surface area contributed by atoms with E-state index in [1.165, 1.54) is 12.3 Å². The topological polar surface area (TPSA) is 105 Å². The van der Waals surface area contributed by atoms with Crippen LogP contribution >= 0.6 is 0 Å². The Balaban J connectivity index is 1.62. The summed E-state index contributed by atoms with van der Waals surface area (Å²) in [6.45, 7) is 0.306. The van der Waals surface area contributed by atoms with E-state index in [0.717, 1.165) is 0 Å². The molecule has 1 aliphatic rings. The van der Waals surface area contributed by atoms with Gasteiger partial charge < -0.3 is 15.1 Å². The van der Waals surface area contributed by atoms with Crippen LogP contribution < -0.4 is 16.1 Å². The van der Waals surface area contributed by atoms with Gasteiger partial charge in [0.2, 0.25) is 0 Å². The highest BCUT2D eigenvalue weighted by molar-refractivity contribution is 7.91. The predicted octanol–water partition coefficient (Wildman–Crippen LogP) is 1.35. The number of carbonyl (C=O) groups excluding carboxylic acids is 1. The van der Waals surface area contributed by atoms with E-state index < -0.39 is 15.9 Å². The van der Waals surface area contributed by atoms with Gasteiger partial charge in [-0.2, -0.15) is 0 Å². The van der Waals surface area contributed by atoms with Gasteiger partial charge in [-0.15, -0.1) is 0 Å². The largest absolute Gasteiger partial charge is 0.464 e. The molecule has 0 radical (unpaired) electrons. The van der Waals surface area contributed by atoms with Gasteiger partial charge in [-0.05, 0) is 30.5 Å². The highest BCUT2D eigenvalue weighted by Crippen LogP contribution is 2.18. The molecule has 3 rings (SSSR count). The van der Waals surface area contributed by atoms with Crippen molar-refractivity contribution >= 4 is 32.5 Å². The number of urea groups is 1. The maximum atomic E-state index is 11.9. The Morgan fingerprint density at radius 3 is 2.87 bits per heavy atom. The summed E-state index contributed by atoms with van der Waals surface area (Å²) in [6, 6.07) is 5.66. The number of hydrogen-bond acceptors (Lipinski definition) is 5. The molecule has 0 saturated carbocycles. The summed E-state index contributed by atoms with van der Waals surface area (Å²) in [6.07, 6.45) is 1.89. The molecule has 0 bridgehead atoms. The zero-order chi connectivity index (χ0) is 16.4. The minimum atomic E-state index is -2.95. The van der Waals surface area contributed by atoms with Crippen molar-refractivity contribution in [2.45, 2.75) is 6.42 Å². The summed E-state index contributed by atoms with van der Waals surface area (Å²) >= 11 is 0. The van der Waals surface area contributed by atoms with Crippen LogP contribution in [0.25, 0.3) is 11.0 Å². The number of hydrogen-bond donors (Lipinski definition) is 2. The summed E-state index contributed by atoms with van der Waals surface area (Å²) in [5, 5.41) is 5.67. The first-order valence-corrected chi connectivity index (χ1v) is 9.02. The number of anilines is 1. The van der Waals surface area contributed by atoms with Crippen LogP contribution in [0.3, 0.4) is 0 Å². The molecule has 23 heavy (non-hydrogen) atoms. The van der Waals surface area contributed by atoms with Gasteiger partial charge in [0, 0.05) is 18.3 Å². The van der Waals surface area contributed by atoms with Gasteiger partial charge in [-0.1, -0.05) is 0 Å². The van der Waals surface area contributed by atoms with Crippen molar-refractivity contribution in [2.75, 3.05) is 23.4 Å². The number of fused-ring (bicyclic) bond motifs is 1. The van der Waals surface area contributed by atoms with Crippen molar-refractivity contribution in [3.8, 4) is 0 Å². The zero-order valence-corrected chi connectivity index (χ0v) is 13.1. The van der Waals surface area contributed by atoms with Gasteiger partial charge in [-0.25, -0.2) is 13.2 Å². The summed E-state index contributed by atoms with van der Waals surface area (Å²) < 4.78 is 27.9. The first kappa shape index (κ1) is 15.5. The Kier molecular flexibility index (Phi) is 4.08. The predicted molar refractivity (Wildman–Crippen MR) is 86.3 cm³/mol. The second-order valence-corrected chi connectivity index (χ2v) is 7.83. The maximum absolute atomic E-state index is 11.9. The molecule has 7 nitrogen and oxygen atoms in total. The molecular formula is C15H16N2O5S. The van der Waals surface area contributed by atoms with Crippen LogP contribution in [0.4, 0.5) is 10.5 Å². The Morgan fingerprint density at radius 1 is 1.30 bits per heavy atom. The van der Waals surface area contributed by atoms with Gasteiger partial charge in [0.25, 0.3) is 0 Å². The molecule has 1 atom stereocenters. The van der Waals surface area contributed by atoms with Crippen molar-refractivity contribution in [2.24, 2.45) is 5.92 Å². The first-order chi connectivity index (χ1) is 10.9. The second kappa shape index (κ2) is 6.04. The molecule has 8 heteroatoms. The van der Waals surface area contributed by atoms with Gasteiger partial charge in [0.15, 0.2) is 15.3 Å². The molecule has 1 aromatic heterocycles. The third-order valence-corrected chi connectivity index (χ3v) is 5.63. The standard InChI is InChI=1S/C15H16N2O5S/c18-13-3-5-22-14-2-1-11(7-12(13)14)17-15(19)16-8-10-4-6-23(20,21)9-10/h1-3,5,7,10H,4,6,8-9H2,(H2,16,17,19)/t10-/m0/s1. The number of carbonyl (C=O) groups is 1. The summed E-state index contributed by atoms with van der Waals surface area (Å²) in [4.78, 5) is 23.6. The van der Waals surface area contributed by atoms with Gasteiger partial charge in [0.05, 0.1) is 23.2 Å². The molecule has 0 aliphatic carbocycles. The fourth-order valence-corrected chi connectivity index (χ4v) is 4.47. The molecule has 1 aliphatic heterocycles. The van der Waals surface area contributed by atoms with E-state index in [2.05, 4.69) is 10.6 Å². The van der Waals surface area contributed by atoms with Crippen molar-refractivity contribution in [3.05, 3.63) is 40.8 Å². The van der Waals surface area contributed by atoms with E-state index >= 15 is 0 Å². The maximum Gasteiger partial charge on any atom is 0.319 e. The molecule has 1 saturated heterocycles. The van der Waals surface area contributed by atoms with Crippen LogP contribution in [0.1, 0.15) is 6.42 Å². The smallest absolute Gasteiger partial charge is 0.319 e. The highest BCUT2D eigenvalue weighted by atomic mass is 32.2. The number of amides is 2. The first-order valence-electron chi connectivity index (χ1n) is 7.20. The molecule has 2 aromatic rings. The third kappa shape index (κ3) is 3.70. The monoisotopic (exact) mass is 336 g/mol. The van der Waals surface area contributed by atoms with Crippen LogP contribution in [-0.2, 0) is 9.84 Å². The van der Waals surface area contributed by atoms with E-state index in [-0.39, 0.29) is 22.9 Å². The van der Waals surface area contributed by atoms with E-state index in [0.29, 0.717) is 29.6 Å². The molecule has 2 heterocycles. The Hall–Kier alpha value is -2.35. The highest BCUT2D eigenvalue weighted by Gasteiger charge is 2.27.